The molecular formula is C77H54N4O. The van der Waals surface area contributed by atoms with Gasteiger partial charge in [0.2, 0.25) is 0 Å². The van der Waals surface area contributed by atoms with Crippen LogP contribution in [-0.4, -0.2) is 5.78 Å². The third-order valence-corrected chi connectivity index (χ3v) is 15.4. The van der Waals surface area contributed by atoms with Crippen molar-refractivity contribution in [3.63, 3.8) is 0 Å². The fourth-order valence-corrected chi connectivity index (χ4v) is 11.7. The first-order valence-corrected chi connectivity index (χ1v) is 27.8. The minimum Gasteiger partial charge on any atom is -0.310 e. The Hall–Kier alpha value is -11.0. The largest absolute Gasteiger partial charge is 0.310 e. The topological polar surface area (TPSA) is 30.0 Å². The summed E-state index contributed by atoms with van der Waals surface area (Å²) in [6, 6.07) is 115. The summed E-state index contributed by atoms with van der Waals surface area (Å²) < 4.78 is 0. The number of ketones is 1. The summed E-state index contributed by atoms with van der Waals surface area (Å²) in [4.78, 5) is 25.9. The van der Waals surface area contributed by atoms with Crippen LogP contribution in [0.15, 0.2) is 328 Å². The average molecular weight is 1050 g/mol. The van der Waals surface area contributed by atoms with Gasteiger partial charge in [-0.25, -0.2) is 0 Å². The molecule has 5 heteroatoms. The maximum Gasteiger partial charge on any atom is 0.193 e. The van der Waals surface area contributed by atoms with E-state index in [2.05, 4.69) is 323 Å². The van der Waals surface area contributed by atoms with E-state index in [0.29, 0.717) is 11.1 Å². The molecule has 14 aromatic carbocycles. The molecule has 0 heterocycles. The summed E-state index contributed by atoms with van der Waals surface area (Å²) in [5.74, 6) is -0.138. The molecule has 0 saturated heterocycles. The highest BCUT2D eigenvalue weighted by Crippen LogP contribution is 2.47. The second-order valence-corrected chi connectivity index (χ2v) is 20.5. The van der Waals surface area contributed by atoms with Crippen molar-refractivity contribution in [1.82, 2.24) is 0 Å². The fraction of sp³-hybridized carbons (Fsp3) is 0. The Morgan fingerprint density at radius 1 is 0.195 bits per heavy atom. The Morgan fingerprint density at radius 3 is 0.866 bits per heavy atom. The summed E-state index contributed by atoms with van der Waals surface area (Å²) in [5, 5.41) is 8.86. The van der Waals surface area contributed by atoms with Gasteiger partial charge in [0.15, 0.2) is 5.78 Å². The normalized spacial score (nSPS) is 11.2. The Bertz CT molecular complexity index is 4470. The molecule has 0 amide bonds. The molecule has 0 aliphatic heterocycles. The fourth-order valence-electron chi connectivity index (χ4n) is 11.7. The van der Waals surface area contributed by atoms with Crippen LogP contribution in [0.1, 0.15) is 15.9 Å². The summed E-state index contributed by atoms with van der Waals surface area (Å²) in [7, 11) is 0. The zero-order chi connectivity index (χ0) is 54.8. The van der Waals surface area contributed by atoms with Gasteiger partial charge in [-0.1, -0.05) is 212 Å². The van der Waals surface area contributed by atoms with Crippen LogP contribution >= 0.6 is 0 Å². The van der Waals surface area contributed by atoms with E-state index >= 15 is 4.79 Å². The molecule has 0 bridgehead atoms. The van der Waals surface area contributed by atoms with E-state index in [-0.39, 0.29) is 5.78 Å². The van der Waals surface area contributed by atoms with Crippen LogP contribution in [0, 0.1) is 0 Å². The van der Waals surface area contributed by atoms with Crippen molar-refractivity contribution < 1.29 is 4.79 Å². The maximum atomic E-state index is 16.8. The molecule has 0 atom stereocenters. The van der Waals surface area contributed by atoms with Gasteiger partial charge in [0.1, 0.15) is 0 Å². The van der Waals surface area contributed by atoms with E-state index in [1.807, 2.05) is 24.3 Å². The van der Waals surface area contributed by atoms with Crippen molar-refractivity contribution in [2.24, 2.45) is 0 Å². The molecule has 82 heavy (non-hydrogen) atoms. The SMILES string of the molecule is O=C(c1cc(N(c2ccccc2)c2ccc3ccccc3c2)cc(N(c2ccccc2)c2cccc3ccccc23)c1)c1cc(N(c2ccccc2)c2cccc3ccccc23)cc(N(c2ccccc2)c2cccc3ccccc23)c1. The highest BCUT2D eigenvalue weighted by Gasteiger charge is 2.26. The van der Waals surface area contributed by atoms with E-state index in [4.69, 9.17) is 0 Å². The quantitative estimate of drug-likeness (QED) is 0.101. The lowest BCUT2D eigenvalue weighted by molar-refractivity contribution is 0.103. The predicted molar refractivity (Wildman–Crippen MR) is 345 cm³/mol. The average Bonchev–Trinajstić information content (AvgIpc) is 3.40. The Morgan fingerprint density at radius 2 is 0.488 bits per heavy atom. The molecule has 0 unspecified atom stereocenters. The molecular weight excluding hydrogens is 997 g/mol. The first-order chi connectivity index (χ1) is 40.6. The van der Waals surface area contributed by atoms with Gasteiger partial charge in [0.05, 0.1) is 17.1 Å². The lowest BCUT2D eigenvalue weighted by Crippen LogP contribution is -2.17. The number of benzene rings is 14. The van der Waals surface area contributed by atoms with Gasteiger partial charge < -0.3 is 19.6 Å². The van der Waals surface area contributed by atoms with Crippen LogP contribution in [0.2, 0.25) is 0 Å². The van der Waals surface area contributed by atoms with Crippen molar-refractivity contribution in [1.29, 1.82) is 0 Å². The summed E-state index contributed by atoms with van der Waals surface area (Å²) in [5.41, 5.74) is 12.1. The lowest BCUT2D eigenvalue weighted by atomic mass is 9.97. The van der Waals surface area contributed by atoms with E-state index < -0.39 is 0 Å². The minimum atomic E-state index is -0.138. The number of carbonyl (C=O) groups is 1. The molecule has 0 aliphatic carbocycles. The van der Waals surface area contributed by atoms with Gasteiger partial charge in [-0.2, -0.15) is 0 Å². The minimum absolute atomic E-state index is 0.138. The van der Waals surface area contributed by atoms with Crippen molar-refractivity contribution in [2.75, 3.05) is 19.6 Å². The van der Waals surface area contributed by atoms with E-state index in [9.17, 15) is 0 Å². The standard InChI is InChI=1S/C77H54N4O/c82-77(60-49-67(78(62-32-5-1-6-33-62)66-47-46-55-24-13-14-28-59(55)48-66)53-68(50-60)79(63-34-7-2-8-35-63)74-43-21-29-56-25-15-18-40-71(56)74)61-51-69(80(64-36-9-3-10-37-64)75-44-22-30-57-26-16-19-41-72(57)75)54-70(52-61)81(65-38-11-4-12-39-65)76-45-23-31-58-27-17-20-42-73(58)76/h1-54H. The van der Waals surface area contributed by atoms with Gasteiger partial charge in [-0.05, 0) is 142 Å². The number of hydrogen-bond acceptors (Lipinski definition) is 5. The molecule has 0 saturated carbocycles. The van der Waals surface area contributed by atoms with Crippen LogP contribution in [0.3, 0.4) is 0 Å². The smallest absolute Gasteiger partial charge is 0.193 e. The first-order valence-electron chi connectivity index (χ1n) is 27.8. The molecule has 0 radical (unpaired) electrons. The molecule has 0 spiro atoms. The van der Waals surface area contributed by atoms with Crippen molar-refractivity contribution in [2.45, 2.75) is 0 Å². The first kappa shape index (κ1) is 49.3. The zero-order valence-electron chi connectivity index (χ0n) is 44.9. The summed E-state index contributed by atoms with van der Waals surface area (Å²) in [6.45, 7) is 0. The van der Waals surface area contributed by atoms with Crippen molar-refractivity contribution >= 4 is 117 Å². The number of carbonyl (C=O) groups excluding carboxylic acids is 1. The monoisotopic (exact) mass is 1050 g/mol. The third-order valence-electron chi connectivity index (χ3n) is 15.4. The van der Waals surface area contributed by atoms with Gasteiger partial charge in [0.25, 0.3) is 0 Å². The molecule has 0 N–H and O–H groups in total. The number of para-hydroxylation sites is 4. The predicted octanol–water partition coefficient (Wildman–Crippen LogP) is 21.4. The molecule has 14 aromatic rings. The number of fused-ring (bicyclic) bond motifs is 4. The van der Waals surface area contributed by atoms with Crippen molar-refractivity contribution in [3.8, 4) is 0 Å². The maximum absolute atomic E-state index is 16.8. The van der Waals surface area contributed by atoms with E-state index in [1.54, 1.807) is 0 Å². The number of rotatable bonds is 14. The number of hydrogen-bond donors (Lipinski definition) is 0. The molecule has 5 nitrogen and oxygen atoms in total. The van der Waals surface area contributed by atoms with E-state index in [0.717, 1.165) is 111 Å². The molecule has 14 rings (SSSR count). The van der Waals surface area contributed by atoms with Gasteiger partial charge >= 0.3 is 0 Å². The Kier molecular flexibility index (Phi) is 13.0. The molecule has 0 aliphatic rings. The van der Waals surface area contributed by atoms with Gasteiger partial charge in [-0.15, -0.1) is 0 Å². The third kappa shape index (κ3) is 9.42. The van der Waals surface area contributed by atoms with Crippen LogP contribution < -0.4 is 19.6 Å². The van der Waals surface area contributed by atoms with Crippen LogP contribution in [-0.2, 0) is 0 Å². The molecule has 0 aromatic heterocycles. The second-order valence-electron chi connectivity index (χ2n) is 20.5. The number of nitrogens with zero attached hydrogens (tertiary/aromatic N) is 4. The van der Waals surface area contributed by atoms with Crippen LogP contribution in [0.5, 0.6) is 0 Å². The van der Waals surface area contributed by atoms with Crippen molar-refractivity contribution in [3.05, 3.63) is 339 Å². The van der Waals surface area contributed by atoms with Crippen LogP contribution in [0.4, 0.5) is 68.2 Å². The molecule has 0 fully saturated rings. The van der Waals surface area contributed by atoms with E-state index in [1.165, 1.54) is 0 Å². The van der Waals surface area contributed by atoms with Gasteiger partial charge in [-0.3, -0.25) is 4.79 Å². The van der Waals surface area contributed by atoms with Crippen LogP contribution in [0.25, 0.3) is 43.1 Å². The zero-order valence-corrected chi connectivity index (χ0v) is 44.9. The second kappa shape index (κ2) is 21.7. The summed E-state index contributed by atoms with van der Waals surface area (Å²) in [6.07, 6.45) is 0. The highest BCUT2D eigenvalue weighted by atomic mass is 16.1. The number of anilines is 12. The molecule has 388 valence electrons. The lowest BCUT2D eigenvalue weighted by Gasteiger charge is -2.32. The van der Waals surface area contributed by atoms with Gasteiger partial charge in [0, 0.05) is 78.5 Å². The Balaban J connectivity index is 1.06. The summed E-state index contributed by atoms with van der Waals surface area (Å²) >= 11 is 0. The Labute approximate surface area is 477 Å². The highest BCUT2D eigenvalue weighted by molar-refractivity contribution is 6.13.